The number of rotatable bonds is 7. The topological polar surface area (TPSA) is 76.5 Å². The average molecular weight is 384 g/mol. The van der Waals surface area contributed by atoms with E-state index in [1.165, 1.54) is 22.2 Å². The van der Waals surface area contributed by atoms with Crippen molar-refractivity contribution < 1.29 is 4.79 Å². The highest BCUT2D eigenvalue weighted by molar-refractivity contribution is 7.99. The Morgan fingerprint density at radius 1 is 1.31 bits per heavy atom. The normalized spacial score (nSPS) is 11.3. The van der Waals surface area contributed by atoms with Crippen molar-refractivity contribution in [3.05, 3.63) is 57.9 Å². The van der Waals surface area contributed by atoms with Crippen LogP contribution in [0.25, 0.3) is 10.9 Å². The molecule has 4 aromatic rings. The molecule has 0 amide bonds. The van der Waals surface area contributed by atoms with Crippen LogP contribution in [0.5, 0.6) is 0 Å². The third kappa shape index (κ3) is 3.30. The fourth-order valence-corrected chi connectivity index (χ4v) is 4.35. The van der Waals surface area contributed by atoms with Crippen LogP contribution < -0.4 is 0 Å². The number of ketones is 1. The lowest BCUT2D eigenvalue weighted by Gasteiger charge is -2.03. The van der Waals surface area contributed by atoms with Crippen LogP contribution in [-0.2, 0) is 13.0 Å². The van der Waals surface area contributed by atoms with E-state index in [9.17, 15) is 4.79 Å². The molecule has 1 aromatic carbocycles. The monoisotopic (exact) mass is 383 g/mol. The van der Waals surface area contributed by atoms with Gasteiger partial charge in [-0.3, -0.25) is 4.79 Å². The molecule has 3 aromatic heterocycles. The largest absolute Gasteiger partial charge is 0.360 e. The van der Waals surface area contributed by atoms with E-state index in [4.69, 9.17) is 0 Å². The second-order valence-electron chi connectivity index (χ2n) is 5.81. The Morgan fingerprint density at radius 3 is 3.04 bits per heavy atom. The van der Waals surface area contributed by atoms with Crippen LogP contribution >= 0.6 is 23.1 Å². The average Bonchev–Trinajstić information content (AvgIpc) is 3.40. The molecule has 0 spiro atoms. The number of nitrogens with one attached hydrogen (secondary N) is 1. The number of nitrogens with zero attached hydrogens (tertiary/aromatic N) is 4. The lowest BCUT2D eigenvalue weighted by atomic mass is 10.1. The SMILES string of the molecule is CCc1cccc2c(C(=O)CSc3nnnn3Cc3cccs3)c[nH]c12. The summed E-state index contributed by atoms with van der Waals surface area (Å²) in [7, 11) is 0. The van der Waals surface area contributed by atoms with Crippen LogP contribution in [0.15, 0.2) is 47.1 Å². The standard InChI is InChI=1S/C18H17N5OS2/c1-2-12-5-3-7-14-15(9-19-17(12)14)16(24)11-26-18-20-21-22-23(18)10-13-6-4-8-25-13/h3-9,19H,2,10-11H2,1H3. The van der Waals surface area contributed by atoms with Crippen molar-refractivity contribution in [2.24, 2.45) is 0 Å². The Balaban J connectivity index is 1.49. The van der Waals surface area contributed by atoms with E-state index in [2.05, 4.69) is 33.5 Å². The number of aromatic amines is 1. The van der Waals surface area contributed by atoms with Gasteiger partial charge < -0.3 is 4.98 Å². The quantitative estimate of drug-likeness (QED) is 0.388. The smallest absolute Gasteiger partial charge is 0.210 e. The molecule has 6 nitrogen and oxygen atoms in total. The Morgan fingerprint density at radius 2 is 2.23 bits per heavy atom. The van der Waals surface area contributed by atoms with E-state index in [-0.39, 0.29) is 5.78 Å². The number of fused-ring (bicyclic) bond motifs is 1. The molecule has 132 valence electrons. The number of aryl methyl sites for hydroxylation is 1. The van der Waals surface area contributed by atoms with E-state index in [0.717, 1.165) is 22.9 Å². The third-order valence-electron chi connectivity index (χ3n) is 4.20. The number of carbonyl (C=O) groups is 1. The molecular formula is C18H17N5OS2. The predicted octanol–water partition coefficient (Wildman–Crippen LogP) is 3.80. The van der Waals surface area contributed by atoms with Gasteiger partial charge in [0, 0.05) is 27.5 Å². The van der Waals surface area contributed by atoms with Gasteiger partial charge >= 0.3 is 0 Å². The molecule has 3 heterocycles. The summed E-state index contributed by atoms with van der Waals surface area (Å²) in [5, 5.41) is 15.5. The zero-order valence-electron chi connectivity index (χ0n) is 14.2. The van der Waals surface area contributed by atoms with Crippen molar-refractivity contribution in [1.29, 1.82) is 0 Å². The first-order valence-corrected chi connectivity index (χ1v) is 10.2. The predicted molar refractivity (Wildman–Crippen MR) is 104 cm³/mol. The molecule has 0 aliphatic rings. The van der Waals surface area contributed by atoms with Gasteiger partial charge in [-0.2, -0.15) is 0 Å². The summed E-state index contributed by atoms with van der Waals surface area (Å²) in [6, 6.07) is 10.1. The van der Waals surface area contributed by atoms with Gasteiger partial charge in [-0.1, -0.05) is 43.0 Å². The second kappa shape index (κ2) is 7.43. The van der Waals surface area contributed by atoms with Gasteiger partial charge in [-0.25, -0.2) is 4.68 Å². The molecule has 0 radical (unpaired) electrons. The summed E-state index contributed by atoms with van der Waals surface area (Å²) >= 11 is 3.03. The molecule has 0 bridgehead atoms. The van der Waals surface area contributed by atoms with Gasteiger partial charge in [-0.05, 0) is 33.9 Å². The Hall–Kier alpha value is -2.45. The molecule has 1 N–H and O–H groups in total. The summed E-state index contributed by atoms with van der Waals surface area (Å²) in [5.41, 5.74) is 2.99. The maximum Gasteiger partial charge on any atom is 0.210 e. The van der Waals surface area contributed by atoms with Crippen LogP contribution in [0.3, 0.4) is 0 Å². The van der Waals surface area contributed by atoms with E-state index in [1.54, 1.807) is 22.2 Å². The fraction of sp³-hybridized carbons (Fsp3) is 0.222. The number of tetrazole rings is 1. The molecule has 0 unspecified atom stereocenters. The van der Waals surface area contributed by atoms with Crippen LogP contribution in [-0.4, -0.2) is 36.7 Å². The first kappa shape index (κ1) is 17.0. The minimum absolute atomic E-state index is 0.0696. The van der Waals surface area contributed by atoms with Crippen molar-refractivity contribution >= 4 is 39.8 Å². The molecule has 0 fully saturated rings. The van der Waals surface area contributed by atoms with E-state index >= 15 is 0 Å². The summed E-state index contributed by atoms with van der Waals surface area (Å²) < 4.78 is 1.73. The first-order chi connectivity index (χ1) is 12.8. The highest BCUT2D eigenvalue weighted by Crippen LogP contribution is 2.25. The van der Waals surface area contributed by atoms with Crippen molar-refractivity contribution in [2.75, 3.05) is 5.75 Å². The molecule has 0 aliphatic heterocycles. The van der Waals surface area contributed by atoms with Crippen molar-refractivity contribution in [2.45, 2.75) is 25.0 Å². The van der Waals surface area contributed by atoms with Crippen molar-refractivity contribution in [3.8, 4) is 0 Å². The van der Waals surface area contributed by atoms with Gasteiger partial charge in [0.25, 0.3) is 0 Å². The summed E-state index contributed by atoms with van der Waals surface area (Å²) in [6.45, 7) is 2.73. The fourth-order valence-electron chi connectivity index (χ4n) is 2.90. The number of benzene rings is 1. The molecule has 0 atom stereocenters. The zero-order valence-corrected chi connectivity index (χ0v) is 15.8. The minimum atomic E-state index is 0.0696. The van der Waals surface area contributed by atoms with Gasteiger partial charge in [0.05, 0.1) is 12.3 Å². The van der Waals surface area contributed by atoms with Crippen molar-refractivity contribution in [1.82, 2.24) is 25.2 Å². The number of Topliss-reactive ketones (excluding diaryl/α,β-unsaturated/α-hetero) is 1. The Kier molecular flexibility index (Phi) is 4.85. The number of thioether (sulfide) groups is 1. The Labute approximate surface area is 158 Å². The number of aromatic nitrogens is 5. The van der Waals surface area contributed by atoms with Gasteiger partial charge in [0.1, 0.15) is 0 Å². The number of carbonyl (C=O) groups excluding carboxylic acids is 1. The van der Waals surface area contributed by atoms with Crippen LogP contribution in [0.1, 0.15) is 27.7 Å². The molecule has 0 aliphatic carbocycles. The van der Waals surface area contributed by atoms with E-state index in [0.29, 0.717) is 17.5 Å². The van der Waals surface area contributed by atoms with E-state index < -0.39 is 0 Å². The summed E-state index contributed by atoms with van der Waals surface area (Å²) in [5.74, 6) is 0.369. The summed E-state index contributed by atoms with van der Waals surface area (Å²) in [4.78, 5) is 17.2. The number of hydrogen-bond acceptors (Lipinski definition) is 6. The molecule has 26 heavy (non-hydrogen) atoms. The van der Waals surface area contributed by atoms with Gasteiger partial charge in [0.15, 0.2) is 5.78 Å². The third-order valence-corrected chi connectivity index (χ3v) is 6.02. The molecule has 0 saturated heterocycles. The van der Waals surface area contributed by atoms with Crippen LogP contribution in [0.2, 0.25) is 0 Å². The van der Waals surface area contributed by atoms with Crippen LogP contribution in [0.4, 0.5) is 0 Å². The number of para-hydroxylation sites is 1. The molecular weight excluding hydrogens is 366 g/mol. The maximum atomic E-state index is 12.7. The van der Waals surface area contributed by atoms with Crippen LogP contribution in [0, 0.1) is 0 Å². The lowest BCUT2D eigenvalue weighted by molar-refractivity contribution is 0.102. The van der Waals surface area contributed by atoms with Gasteiger partial charge in [0.2, 0.25) is 5.16 Å². The lowest BCUT2D eigenvalue weighted by Crippen LogP contribution is -2.06. The number of H-pyrrole nitrogens is 1. The maximum absolute atomic E-state index is 12.7. The highest BCUT2D eigenvalue weighted by atomic mass is 32.2. The highest BCUT2D eigenvalue weighted by Gasteiger charge is 2.16. The minimum Gasteiger partial charge on any atom is -0.360 e. The number of thiophene rings is 1. The second-order valence-corrected chi connectivity index (χ2v) is 7.78. The molecule has 8 heteroatoms. The molecule has 4 rings (SSSR count). The zero-order chi connectivity index (χ0) is 17.9. The number of hydrogen-bond donors (Lipinski definition) is 1. The summed E-state index contributed by atoms with van der Waals surface area (Å²) in [6.07, 6.45) is 2.74. The Bertz CT molecular complexity index is 1040. The molecule has 0 saturated carbocycles. The van der Waals surface area contributed by atoms with E-state index in [1.807, 2.05) is 29.6 Å². The first-order valence-electron chi connectivity index (χ1n) is 8.29. The van der Waals surface area contributed by atoms with Gasteiger partial charge in [-0.15, -0.1) is 16.4 Å². The van der Waals surface area contributed by atoms with Crippen molar-refractivity contribution in [3.63, 3.8) is 0 Å².